The molecule has 0 aliphatic heterocycles. The van der Waals surface area contributed by atoms with Gasteiger partial charge in [0.05, 0.1) is 5.02 Å². The molecular formula is C15H15ClF2N2S. The molecule has 112 valence electrons. The highest BCUT2D eigenvalue weighted by molar-refractivity contribution is 7.99. The van der Waals surface area contributed by atoms with Crippen LogP contribution in [-0.2, 0) is 6.42 Å². The fraction of sp³-hybridized carbons (Fsp3) is 0.200. The summed E-state index contributed by atoms with van der Waals surface area (Å²) in [4.78, 5) is 0.946. The highest BCUT2D eigenvalue weighted by atomic mass is 35.5. The van der Waals surface area contributed by atoms with Gasteiger partial charge in [0.2, 0.25) is 0 Å². The van der Waals surface area contributed by atoms with Gasteiger partial charge in [-0.25, -0.2) is 8.78 Å². The van der Waals surface area contributed by atoms with Gasteiger partial charge in [-0.1, -0.05) is 23.7 Å². The maximum Gasteiger partial charge on any atom is 0.142 e. The van der Waals surface area contributed by atoms with Gasteiger partial charge in [-0.2, -0.15) is 0 Å². The molecule has 0 aromatic heterocycles. The standard InChI is InChI=1S/C15H15ClF2N2S/c16-15-10(2-1-3-14(15)18)8-12(20-19)9-21-13-6-4-11(17)5-7-13/h1-7,12,20H,8-9,19H2. The van der Waals surface area contributed by atoms with Crippen LogP contribution in [0.15, 0.2) is 47.4 Å². The van der Waals surface area contributed by atoms with Gasteiger partial charge in [0.1, 0.15) is 11.6 Å². The normalized spacial score (nSPS) is 12.4. The van der Waals surface area contributed by atoms with Crippen LogP contribution in [0.1, 0.15) is 5.56 Å². The Labute approximate surface area is 131 Å². The molecule has 0 fully saturated rings. The summed E-state index contributed by atoms with van der Waals surface area (Å²) < 4.78 is 26.2. The van der Waals surface area contributed by atoms with Crippen molar-refractivity contribution >= 4 is 23.4 Å². The summed E-state index contributed by atoms with van der Waals surface area (Å²) >= 11 is 7.48. The summed E-state index contributed by atoms with van der Waals surface area (Å²) in [6.45, 7) is 0. The van der Waals surface area contributed by atoms with Gasteiger partial charge in [-0.3, -0.25) is 11.3 Å². The van der Waals surface area contributed by atoms with E-state index in [-0.39, 0.29) is 16.9 Å². The van der Waals surface area contributed by atoms with Crippen molar-refractivity contribution in [3.05, 3.63) is 64.7 Å². The Morgan fingerprint density at radius 2 is 1.86 bits per heavy atom. The first kappa shape index (κ1) is 16.2. The second kappa shape index (κ2) is 7.75. The molecule has 3 N–H and O–H groups in total. The first-order valence-corrected chi connectivity index (χ1v) is 7.74. The summed E-state index contributed by atoms with van der Waals surface area (Å²) in [5, 5.41) is 0.129. The Kier molecular flexibility index (Phi) is 5.99. The molecular weight excluding hydrogens is 314 g/mol. The number of halogens is 3. The number of nitrogens with two attached hydrogens (primary N) is 1. The monoisotopic (exact) mass is 328 g/mol. The van der Waals surface area contributed by atoms with Gasteiger partial charge in [0, 0.05) is 16.7 Å². The third kappa shape index (κ3) is 4.68. The minimum absolute atomic E-state index is 0.0700. The highest BCUT2D eigenvalue weighted by Gasteiger charge is 2.13. The van der Waals surface area contributed by atoms with Crippen LogP contribution in [0.25, 0.3) is 0 Å². The third-order valence-corrected chi connectivity index (χ3v) is 4.60. The van der Waals surface area contributed by atoms with Crippen molar-refractivity contribution in [2.75, 3.05) is 5.75 Å². The average molecular weight is 329 g/mol. The lowest BCUT2D eigenvalue weighted by molar-refractivity contribution is 0.571. The van der Waals surface area contributed by atoms with Crippen molar-refractivity contribution in [3.8, 4) is 0 Å². The van der Waals surface area contributed by atoms with Crippen LogP contribution >= 0.6 is 23.4 Å². The van der Waals surface area contributed by atoms with Crippen molar-refractivity contribution in [1.29, 1.82) is 0 Å². The maximum absolute atomic E-state index is 13.4. The van der Waals surface area contributed by atoms with E-state index in [0.29, 0.717) is 17.7 Å². The molecule has 1 atom stereocenters. The van der Waals surface area contributed by atoms with Gasteiger partial charge in [0.25, 0.3) is 0 Å². The Balaban J connectivity index is 1.97. The van der Waals surface area contributed by atoms with Crippen molar-refractivity contribution in [2.24, 2.45) is 5.84 Å². The molecule has 2 aromatic rings. The molecule has 0 heterocycles. The number of thioether (sulfide) groups is 1. The van der Waals surface area contributed by atoms with Crippen LogP contribution in [-0.4, -0.2) is 11.8 Å². The predicted octanol–water partition coefficient (Wildman–Crippen LogP) is 3.78. The van der Waals surface area contributed by atoms with Crippen LogP contribution < -0.4 is 11.3 Å². The fourth-order valence-electron chi connectivity index (χ4n) is 1.87. The Morgan fingerprint density at radius 1 is 1.14 bits per heavy atom. The summed E-state index contributed by atoms with van der Waals surface area (Å²) in [5.74, 6) is 5.50. The van der Waals surface area contributed by atoms with Crippen LogP contribution in [0.5, 0.6) is 0 Å². The quantitative estimate of drug-likeness (QED) is 0.481. The van der Waals surface area contributed by atoms with E-state index < -0.39 is 5.82 Å². The first-order chi connectivity index (χ1) is 10.1. The molecule has 2 rings (SSSR count). The number of benzene rings is 2. The molecule has 0 saturated carbocycles. The van der Waals surface area contributed by atoms with Gasteiger partial charge in [-0.15, -0.1) is 11.8 Å². The zero-order valence-electron chi connectivity index (χ0n) is 11.2. The van der Waals surface area contributed by atoms with E-state index in [4.69, 9.17) is 17.4 Å². The number of nitrogens with one attached hydrogen (secondary N) is 1. The minimum Gasteiger partial charge on any atom is -0.271 e. The van der Waals surface area contributed by atoms with Crippen molar-refractivity contribution in [3.63, 3.8) is 0 Å². The molecule has 21 heavy (non-hydrogen) atoms. The van der Waals surface area contributed by atoms with Crippen molar-refractivity contribution in [2.45, 2.75) is 17.4 Å². The zero-order valence-corrected chi connectivity index (χ0v) is 12.7. The smallest absolute Gasteiger partial charge is 0.142 e. The molecule has 2 nitrogen and oxygen atoms in total. The average Bonchev–Trinajstić information content (AvgIpc) is 2.49. The fourth-order valence-corrected chi connectivity index (χ4v) is 3.00. The summed E-state index contributed by atoms with van der Waals surface area (Å²) in [5.41, 5.74) is 3.41. The largest absolute Gasteiger partial charge is 0.271 e. The zero-order chi connectivity index (χ0) is 15.2. The highest BCUT2D eigenvalue weighted by Crippen LogP contribution is 2.23. The lowest BCUT2D eigenvalue weighted by Crippen LogP contribution is -2.38. The Morgan fingerprint density at radius 3 is 2.52 bits per heavy atom. The molecule has 0 radical (unpaired) electrons. The van der Waals surface area contributed by atoms with E-state index in [0.717, 1.165) is 4.90 Å². The molecule has 0 saturated heterocycles. The Hall–Kier alpha value is -1.14. The van der Waals surface area contributed by atoms with Crippen molar-refractivity contribution in [1.82, 2.24) is 5.43 Å². The molecule has 0 aliphatic rings. The second-order valence-corrected chi connectivity index (χ2v) is 6.02. The topological polar surface area (TPSA) is 38.0 Å². The predicted molar refractivity (Wildman–Crippen MR) is 83.3 cm³/mol. The molecule has 2 aromatic carbocycles. The van der Waals surface area contributed by atoms with Crippen molar-refractivity contribution < 1.29 is 8.78 Å². The van der Waals surface area contributed by atoms with Gasteiger partial charge >= 0.3 is 0 Å². The number of rotatable bonds is 6. The van der Waals surface area contributed by atoms with E-state index >= 15 is 0 Å². The first-order valence-electron chi connectivity index (χ1n) is 6.37. The van der Waals surface area contributed by atoms with E-state index in [9.17, 15) is 8.78 Å². The van der Waals surface area contributed by atoms with Gasteiger partial charge in [0.15, 0.2) is 0 Å². The van der Waals surface area contributed by atoms with Crippen LogP contribution in [0.4, 0.5) is 8.78 Å². The molecule has 0 bridgehead atoms. The number of hydrazine groups is 1. The maximum atomic E-state index is 13.4. The van der Waals surface area contributed by atoms with Gasteiger partial charge in [-0.05, 0) is 42.3 Å². The van der Waals surface area contributed by atoms with Crippen LogP contribution in [0.2, 0.25) is 5.02 Å². The molecule has 6 heteroatoms. The van der Waals surface area contributed by atoms with E-state index in [1.807, 2.05) is 0 Å². The summed E-state index contributed by atoms with van der Waals surface area (Å²) in [6, 6.07) is 10.9. The third-order valence-electron chi connectivity index (χ3n) is 3.00. The molecule has 0 spiro atoms. The second-order valence-electron chi connectivity index (χ2n) is 4.55. The molecule has 0 aliphatic carbocycles. The SMILES string of the molecule is NNC(CSc1ccc(F)cc1)Cc1cccc(F)c1Cl. The number of hydrogen-bond donors (Lipinski definition) is 2. The molecule has 0 amide bonds. The van der Waals surface area contributed by atoms with E-state index in [1.165, 1.54) is 18.2 Å². The summed E-state index contributed by atoms with van der Waals surface area (Å²) in [7, 11) is 0. The lowest BCUT2D eigenvalue weighted by atomic mass is 10.1. The molecule has 1 unspecified atom stereocenters. The lowest BCUT2D eigenvalue weighted by Gasteiger charge is -2.16. The summed E-state index contributed by atoms with van der Waals surface area (Å²) in [6.07, 6.45) is 0.515. The van der Waals surface area contributed by atoms with E-state index in [2.05, 4.69) is 5.43 Å². The van der Waals surface area contributed by atoms with Crippen LogP contribution in [0, 0.1) is 11.6 Å². The Bertz CT molecular complexity index is 593. The van der Waals surface area contributed by atoms with Crippen LogP contribution in [0.3, 0.4) is 0 Å². The minimum atomic E-state index is -0.434. The van der Waals surface area contributed by atoms with E-state index in [1.54, 1.807) is 36.0 Å². The number of hydrogen-bond acceptors (Lipinski definition) is 3. The van der Waals surface area contributed by atoms with Gasteiger partial charge < -0.3 is 0 Å².